The molecule has 0 saturated heterocycles. The molecule has 1 heterocycles. The van der Waals surface area contributed by atoms with Crippen LogP contribution in [0, 0.1) is 0 Å². The lowest BCUT2D eigenvalue weighted by Gasteiger charge is -2.09. The average molecular weight is 371 g/mol. The lowest BCUT2D eigenvalue weighted by Crippen LogP contribution is -2.14. The van der Waals surface area contributed by atoms with E-state index in [2.05, 4.69) is 36.8 Å². The van der Waals surface area contributed by atoms with Gasteiger partial charge in [0.15, 0.2) is 5.43 Å². The molecule has 0 atom stereocenters. The topological polar surface area (TPSA) is 32.9 Å². The maximum Gasteiger partial charge on any atom is 0.431 e. The molecule has 0 aliphatic rings. The van der Waals surface area contributed by atoms with Gasteiger partial charge < -0.3 is 4.98 Å². The lowest BCUT2D eigenvalue weighted by molar-refractivity contribution is -0.141. The molecular weight excluding hydrogens is 367 g/mol. The second-order valence-electron chi connectivity index (χ2n) is 3.32. The fraction of sp³-hybridized carbons (Fsp3) is 0.100. The summed E-state index contributed by atoms with van der Waals surface area (Å²) in [4.78, 5) is 13.9. The number of H-pyrrole nitrogens is 1. The smallest absolute Gasteiger partial charge is 0.350 e. The summed E-state index contributed by atoms with van der Waals surface area (Å²) in [6.07, 6.45) is -4.57. The highest BCUT2D eigenvalue weighted by molar-refractivity contribution is 9.11. The molecule has 0 amide bonds. The summed E-state index contributed by atoms with van der Waals surface area (Å²) in [5.41, 5.74) is -1.62. The van der Waals surface area contributed by atoms with Gasteiger partial charge in [0, 0.05) is 15.0 Å². The molecule has 0 radical (unpaired) electrons. The van der Waals surface area contributed by atoms with Crippen molar-refractivity contribution in [3.8, 4) is 0 Å². The molecular formula is C10H4Br2F3NO. The summed E-state index contributed by atoms with van der Waals surface area (Å²) in [5, 5.41) is 0.187. The molecule has 1 N–H and O–H groups in total. The Labute approximate surface area is 110 Å². The van der Waals surface area contributed by atoms with E-state index < -0.39 is 17.3 Å². The van der Waals surface area contributed by atoms with Gasteiger partial charge in [-0.15, -0.1) is 0 Å². The third-order valence-corrected chi connectivity index (χ3v) is 3.51. The fourth-order valence-electron chi connectivity index (χ4n) is 1.44. The Bertz CT molecular complexity index is 648. The SMILES string of the molecule is O=c1cc(C(F)(F)F)[nH]c2c(Br)ccc(Br)c12. The number of nitrogens with one attached hydrogen (secondary N) is 1. The Morgan fingerprint density at radius 2 is 1.71 bits per heavy atom. The van der Waals surface area contributed by atoms with Gasteiger partial charge in [0.05, 0.1) is 10.9 Å². The van der Waals surface area contributed by atoms with Crippen LogP contribution in [0.3, 0.4) is 0 Å². The van der Waals surface area contributed by atoms with E-state index in [-0.39, 0.29) is 10.9 Å². The molecule has 1 aromatic carbocycles. The number of aromatic amines is 1. The van der Waals surface area contributed by atoms with E-state index in [0.29, 0.717) is 15.0 Å². The highest BCUT2D eigenvalue weighted by Gasteiger charge is 2.32. The Morgan fingerprint density at radius 3 is 2.29 bits per heavy atom. The molecule has 0 bridgehead atoms. The standard InChI is InChI=1S/C10H4Br2F3NO/c11-4-1-2-5(12)9-8(4)6(17)3-7(16-9)10(13,14)15/h1-3H,(H,16,17). The molecule has 7 heteroatoms. The van der Waals surface area contributed by atoms with Crippen LogP contribution in [0.1, 0.15) is 5.69 Å². The third kappa shape index (κ3) is 2.26. The first kappa shape index (κ1) is 12.6. The minimum Gasteiger partial charge on any atom is -0.350 e. The van der Waals surface area contributed by atoms with Gasteiger partial charge in [-0.1, -0.05) is 0 Å². The molecule has 0 aliphatic heterocycles. The Morgan fingerprint density at radius 1 is 1.12 bits per heavy atom. The van der Waals surface area contributed by atoms with Gasteiger partial charge in [0.2, 0.25) is 0 Å². The largest absolute Gasteiger partial charge is 0.431 e. The van der Waals surface area contributed by atoms with Crippen LogP contribution in [0.15, 0.2) is 31.9 Å². The van der Waals surface area contributed by atoms with E-state index in [1.54, 1.807) is 12.1 Å². The van der Waals surface area contributed by atoms with Gasteiger partial charge in [-0.2, -0.15) is 13.2 Å². The van der Waals surface area contributed by atoms with E-state index in [0.717, 1.165) is 0 Å². The van der Waals surface area contributed by atoms with Gasteiger partial charge in [-0.25, -0.2) is 0 Å². The first-order chi connectivity index (χ1) is 7.80. The summed E-state index contributed by atoms with van der Waals surface area (Å²) in [6.45, 7) is 0. The molecule has 17 heavy (non-hydrogen) atoms. The fourth-order valence-corrected chi connectivity index (χ4v) is 2.40. The van der Waals surface area contributed by atoms with Gasteiger partial charge >= 0.3 is 6.18 Å². The quantitative estimate of drug-likeness (QED) is 0.744. The molecule has 0 aliphatic carbocycles. The lowest BCUT2D eigenvalue weighted by atomic mass is 10.2. The van der Waals surface area contributed by atoms with Crippen molar-refractivity contribution < 1.29 is 13.2 Å². The van der Waals surface area contributed by atoms with Gasteiger partial charge in [-0.3, -0.25) is 4.79 Å². The maximum absolute atomic E-state index is 12.5. The van der Waals surface area contributed by atoms with Gasteiger partial charge in [0.25, 0.3) is 0 Å². The Balaban J connectivity index is 2.92. The number of hydrogen-bond acceptors (Lipinski definition) is 1. The molecule has 90 valence electrons. The first-order valence-electron chi connectivity index (χ1n) is 4.39. The summed E-state index contributed by atoms with van der Waals surface area (Å²) in [7, 11) is 0. The first-order valence-corrected chi connectivity index (χ1v) is 5.97. The molecule has 2 aromatic rings. The van der Waals surface area contributed by atoms with E-state index in [1.165, 1.54) is 0 Å². The Kier molecular flexibility index (Phi) is 3.07. The number of alkyl halides is 3. The van der Waals surface area contributed by atoms with Crippen molar-refractivity contribution in [3.63, 3.8) is 0 Å². The van der Waals surface area contributed by atoms with Crippen molar-refractivity contribution in [2.75, 3.05) is 0 Å². The van der Waals surface area contributed by atoms with Crippen molar-refractivity contribution in [1.82, 2.24) is 4.98 Å². The number of benzene rings is 1. The van der Waals surface area contributed by atoms with Crippen LogP contribution in [-0.4, -0.2) is 4.98 Å². The number of hydrogen-bond donors (Lipinski definition) is 1. The normalized spacial score (nSPS) is 12.1. The minimum atomic E-state index is -4.57. The van der Waals surface area contributed by atoms with Crippen LogP contribution >= 0.6 is 31.9 Å². The molecule has 0 unspecified atom stereocenters. The second-order valence-corrected chi connectivity index (χ2v) is 5.03. The van der Waals surface area contributed by atoms with Crippen molar-refractivity contribution in [1.29, 1.82) is 0 Å². The number of halogens is 5. The van der Waals surface area contributed by atoms with Crippen LogP contribution in [0.5, 0.6) is 0 Å². The monoisotopic (exact) mass is 369 g/mol. The van der Waals surface area contributed by atoms with Crippen LogP contribution in [0.4, 0.5) is 13.2 Å². The van der Waals surface area contributed by atoms with Crippen LogP contribution < -0.4 is 5.43 Å². The summed E-state index contributed by atoms with van der Waals surface area (Å²) in [5.74, 6) is 0. The predicted octanol–water partition coefficient (Wildman–Crippen LogP) is 4.07. The van der Waals surface area contributed by atoms with E-state index >= 15 is 0 Å². The van der Waals surface area contributed by atoms with Crippen molar-refractivity contribution in [2.24, 2.45) is 0 Å². The van der Waals surface area contributed by atoms with E-state index in [1.807, 2.05) is 0 Å². The summed E-state index contributed by atoms with van der Waals surface area (Å²) < 4.78 is 38.4. The highest BCUT2D eigenvalue weighted by Crippen LogP contribution is 2.31. The molecule has 2 rings (SSSR count). The Hall–Kier alpha value is -0.820. The number of fused-ring (bicyclic) bond motifs is 1. The van der Waals surface area contributed by atoms with E-state index in [4.69, 9.17) is 0 Å². The van der Waals surface area contributed by atoms with E-state index in [9.17, 15) is 18.0 Å². The van der Waals surface area contributed by atoms with Gasteiger partial charge in [0.1, 0.15) is 5.69 Å². The number of rotatable bonds is 0. The molecule has 0 saturated carbocycles. The molecule has 0 fully saturated rings. The summed E-state index contributed by atoms with van der Waals surface area (Å²) >= 11 is 6.24. The molecule has 2 nitrogen and oxygen atoms in total. The predicted molar refractivity (Wildman–Crippen MR) is 65.0 cm³/mol. The van der Waals surface area contributed by atoms with Gasteiger partial charge in [-0.05, 0) is 44.0 Å². The zero-order chi connectivity index (χ0) is 12.8. The maximum atomic E-state index is 12.5. The van der Waals surface area contributed by atoms with Crippen LogP contribution in [0.25, 0.3) is 10.9 Å². The highest BCUT2D eigenvalue weighted by atomic mass is 79.9. The average Bonchev–Trinajstić information content (AvgIpc) is 2.21. The van der Waals surface area contributed by atoms with Crippen LogP contribution in [0.2, 0.25) is 0 Å². The zero-order valence-electron chi connectivity index (χ0n) is 8.03. The van der Waals surface area contributed by atoms with Crippen molar-refractivity contribution in [2.45, 2.75) is 6.18 Å². The summed E-state index contributed by atoms with van der Waals surface area (Å²) in [6, 6.07) is 3.71. The molecule has 1 aromatic heterocycles. The molecule has 0 spiro atoms. The third-order valence-electron chi connectivity index (χ3n) is 2.19. The zero-order valence-corrected chi connectivity index (χ0v) is 11.2. The van der Waals surface area contributed by atoms with Crippen LogP contribution in [-0.2, 0) is 6.18 Å². The minimum absolute atomic E-state index is 0.124. The van der Waals surface area contributed by atoms with Crippen molar-refractivity contribution >= 4 is 42.8 Å². The van der Waals surface area contributed by atoms with Crippen molar-refractivity contribution in [3.05, 3.63) is 43.1 Å². The second kappa shape index (κ2) is 4.13. The number of pyridine rings is 1. The number of aromatic nitrogens is 1.